The van der Waals surface area contributed by atoms with Crippen LogP contribution < -0.4 is 5.32 Å². The van der Waals surface area contributed by atoms with E-state index in [0.717, 1.165) is 23.9 Å². The molecule has 21 heavy (non-hydrogen) atoms. The van der Waals surface area contributed by atoms with Gasteiger partial charge in [0.1, 0.15) is 5.82 Å². The summed E-state index contributed by atoms with van der Waals surface area (Å²) in [7, 11) is 0. The predicted molar refractivity (Wildman–Crippen MR) is 80.6 cm³/mol. The fourth-order valence-electron chi connectivity index (χ4n) is 1.80. The zero-order valence-electron chi connectivity index (χ0n) is 11.7. The Bertz CT molecular complexity index is 678. The molecule has 1 aromatic carbocycles. The molecule has 0 atom stereocenters. The number of hydrogen-bond acceptors (Lipinski definition) is 4. The first-order valence-electron chi connectivity index (χ1n) is 6.54. The highest BCUT2D eigenvalue weighted by Crippen LogP contribution is 2.17. The van der Waals surface area contributed by atoms with Crippen molar-refractivity contribution >= 4 is 27.8 Å². The van der Waals surface area contributed by atoms with E-state index in [9.17, 15) is 9.18 Å². The van der Waals surface area contributed by atoms with E-state index in [1.165, 1.54) is 12.1 Å². The Labute approximate surface area is 130 Å². The van der Waals surface area contributed by atoms with Gasteiger partial charge in [0.05, 0.1) is 15.9 Å². The van der Waals surface area contributed by atoms with Crippen LogP contribution in [0.4, 0.5) is 10.3 Å². The number of halogens is 2. The van der Waals surface area contributed by atoms with Crippen molar-refractivity contribution in [2.45, 2.75) is 26.7 Å². The van der Waals surface area contributed by atoms with Crippen molar-refractivity contribution in [3.05, 3.63) is 45.4 Å². The first-order chi connectivity index (χ1) is 10.0. The first-order valence-corrected chi connectivity index (χ1v) is 7.33. The van der Waals surface area contributed by atoms with Gasteiger partial charge in [-0.3, -0.25) is 10.1 Å². The van der Waals surface area contributed by atoms with Gasteiger partial charge in [0, 0.05) is 5.56 Å². The Morgan fingerprint density at radius 2 is 1.95 bits per heavy atom. The van der Waals surface area contributed by atoms with E-state index in [1.807, 2.05) is 13.8 Å². The second-order valence-corrected chi connectivity index (χ2v) is 5.17. The second kappa shape index (κ2) is 6.71. The van der Waals surface area contributed by atoms with Crippen molar-refractivity contribution < 1.29 is 9.18 Å². The molecule has 0 saturated heterocycles. The Morgan fingerprint density at radius 1 is 1.24 bits per heavy atom. The topological polar surface area (TPSA) is 67.8 Å². The number of aromatic nitrogens is 3. The van der Waals surface area contributed by atoms with Crippen LogP contribution in [0.5, 0.6) is 0 Å². The van der Waals surface area contributed by atoms with Crippen molar-refractivity contribution in [3.8, 4) is 0 Å². The molecule has 1 N–H and O–H groups in total. The third kappa shape index (κ3) is 3.60. The van der Waals surface area contributed by atoms with Crippen LogP contribution in [0.1, 0.15) is 35.6 Å². The van der Waals surface area contributed by atoms with Crippen LogP contribution in [0.15, 0.2) is 22.7 Å². The molecule has 0 aliphatic heterocycles. The number of hydrogen-bond donors (Lipinski definition) is 1. The summed E-state index contributed by atoms with van der Waals surface area (Å²) in [6, 6.07) is 4.13. The molecule has 5 nitrogen and oxygen atoms in total. The average molecular weight is 353 g/mol. The normalized spacial score (nSPS) is 10.5. The van der Waals surface area contributed by atoms with Gasteiger partial charge >= 0.3 is 0 Å². The highest BCUT2D eigenvalue weighted by Gasteiger charge is 2.12. The molecule has 0 bridgehead atoms. The highest BCUT2D eigenvalue weighted by atomic mass is 79.9. The maximum Gasteiger partial charge on any atom is 0.258 e. The van der Waals surface area contributed by atoms with Crippen LogP contribution >= 0.6 is 15.9 Å². The van der Waals surface area contributed by atoms with E-state index in [4.69, 9.17) is 0 Å². The summed E-state index contributed by atoms with van der Waals surface area (Å²) in [4.78, 5) is 16.3. The minimum absolute atomic E-state index is 0.123. The summed E-state index contributed by atoms with van der Waals surface area (Å²) in [6.07, 6.45) is 1.43. The van der Waals surface area contributed by atoms with Crippen LogP contribution in [-0.4, -0.2) is 21.1 Å². The number of benzene rings is 1. The number of carbonyl (C=O) groups excluding carboxylic acids is 1. The number of aryl methyl sites for hydroxylation is 2. The zero-order valence-corrected chi connectivity index (χ0v) is 13.2. The number of nitrogens with zero attached hydrogens (tertiary/aromatic N) is 3. The minimum atomic E-state index is -0.503. The molecule has 2 rings (SSSR count). The fraction of sp³-hybridized carbons (Fsp3) is 0.286. The lowest BCUT2D eigenvalue weighted by molar-refractivity contribution is 0.102. The molecule has 1 amide bonds. The Morgan fingerprint density at radius 3 is 2.57 bits per heavy atom. The van der Waals surface area contributed by atoms with Crippen molar-refractivity contribution in [2.75, 3.05) is 5.32 Å². The maximum atomic E-state index is 13.4. The molecule has 1 aromatic heterocycles. The first kappa shape index (κ1) is 15.5. The van der Waals surface area contributed by atoms with Crippen molar-refractivity contribution in [2.24, 2.45) is 0 Å². The number of anilines is 1. The van der Waals surface area contributed by atoms with Gasteiger partial charge in [-0.1, -0.05) is 13.8 Å². The van der Waals surface area contributed by atoms with Gasteiger partial charge in [0.2, 0.25) is 5.95 Å². The number of amides is 1. The fourth-order valence-corrected chi connectivity index (χ4v) is 2.05. The molecule has 0 saturated carbocycles. The molecular formula is C14H14BrFN4O. The summed E-state index contributed by atoms with van der Waals surface area (Å²) in [5.41, 5.74) is 1.80. The smallest absolute Gasteiger partial charge is 0.258 e. The lowest BCUT2D eigenvalue weighted by Gasteiger charge is -2.07. The molecule has 7 heteroatoms. The maximum absolute atomic E-state index is 13.4. The van der Waals surface area contributed by atoms with E-state index in [0.29, 0.717) is 10.9 Å². The highest BCUT2D eigenvalue weighted by molar-refractivity contribution is 9.10. The van der Waals surface area contributed by atoms with Crippen LogP contribution in [0.25, 0.3) is 0 Å². The monoisotopic (exact) mass is 352 g/mol. The van der Waals surface area contributed by atoms with Crippen LogP contribution in [0.3, 0.4) is 0 Å². The van der Waals surface area contributed by atoms with Crippen molar-refractivity contribution in [1.29, 1.82) is 0 Å². The summed E-state index contributed by atoms with van der Waals surface area (Å²) < 4.78 is 13.7. The average Bonchev–Trinajstić information content (AvgIpc) is 2.49. The van der Waals surface area contributed by atoms with Gasteiger partial charge in [0.15, 0.2) is 0 Å². The van der Waals surface area contributed by atoms with Gasteiger partial charge in [-0.05, 0) is 47.0 Å². The summed E-state index contributed by atoms with van der Waals surface area (Å²) in [5, 5.41) is 10.4. The van der Waals surface area contributed by atoms with E-state index in [-0.39, 0.29) is 11.5 Å². The predicted octanol–water partition coefficient (Wildman–Crippen LogP) is 3.15. The lowest BCUT2D eigenvalue weighted by Crippen LogP contribution is -2.16. The molecule has 0 radical (unpaired) electrons. The van der Waals surface area contributed by atoms with Crippen molar-refractivity contribution in [3.63, 3.8) is 0 Å². The third-order valence-electron chi connectivity index (χ3n) is 2.92. The summed E-state index contributed by atoms with van der Waals surface area (Å²) in [5.74, 6) is -0.857. The van der Waals surface area contributed by atoms with Crippen LogP contribution in [0.2, 0.25) is 0 Å². The van der Waals surface area contributed by atoms with E-state index >= 15 is 0 Å². The number of carbonyl (C=O) groups is 1. The van der Waals surface area contributed by atoms with Crippen LogP contribution in [0, 0.1) is 5.82 Å². The van der Waals surface area contributed by atoms with Gasteiger partial charge in [0.25, 0.3) is 5.91 Å². The third-order valence-corrected chi connectivity index (χ3v) is 3.56. The van der Waals surface area contributed by atoms with E-state index in [2.05, 4.69) is 36.4 Å². The van der Waals surface area contributed by atoms with E-state index < -0.39 is 11.7 Å². The van der Waals surface area contributed by atoms with Gasteiger partial charge < -0.3 is 0 Å². The number of nitrogens with one attached hydrogen (secondary N) is 1. The Hall–Kier alpha value is -1.89. The largest absolute Gasteiger partial charge is 0.289 e. The molecule has 2 aromatic rings. The number of rotatable bonds is 4. The molecule has 110 valence electrons. The molecule has 1 heterocycles. The van der Waals surface area contributed by atoms with Gasteiger partial charge in [-0.2, -0.15) is 0 Å². The summed E-state index contributed by atoms with van der Waals surface area (Å²) in [6.45, 7) is 3.92. The van der Waals surface area contributed by atoms with Gasteiger partial charge in [-0.25, -0.2) is 9.37 Å². The molecule has 0 spiro atoms. The molecular weight excluding hydrogens is 339 g/mol. The Balaban J connectivity index is 2.21. The van der Waals surface area contributed by atoms with E-state index in [1.54, 1.807) is 0 Å². The van der Waals surface area contributed by atoms with Gasteiger partial charge in [-0.15, -0.1) is 10.2 Å². The molecule has 0 aliphatic rings. The minimum Gasteiger partial charge on any atom is -0.289 e. The molecule has 0 aliphatic carbocycles. The summed E-state index contributed by atoms with van der Waals surface area (Å²) >= 11 is 3.04. The standard InChI is InChI=1S/C14H14BrFN4O/c1-3-11-12(4-2)19-20-14(17-11)18-13(21)8-5-6-9(15)10(16)7-8/h5-7H,3-4H2,1-2H3,(H,17,18,20,21). The Kier molecular flexibility index (Phi) is 4.95. The molecule has 0 fully saturated rings. The second-order valence-electron chi connectivity index (χ2n) is 4.32. The zero-order chi connectivity index (χ0) is 15.4. The lowest BCUT2D eigenvalue weighted by atomic mass is 10.2. The molecule has 0 unspecified atom stereocenters. The van der Waals surface area contributed by atoms with Crippen molar-refractivity contribution in [1.82, 2.24) is 15.2 Å². The SMILES string of the molecule is CCc1nnc(NC(=O)c2ccc(Br)c(F)c2)nc1CC. The quantitative estimate of drug-likeness (QED) is 0.917. The van der Waals surface area contributed by atoms with Crippen LogP contribution in [-0.2, 0) is 12.8 Å².